The summed E-state index contributed by atoms with van der Waals surface area (Å²) in [5, 5.41) is 5.36. The van der Waals surface area contributed by atoms with Crippen LogP contribution in [0.1, 0.15) is 61.1 Å². The lowest BCUT2D eigenvalue weighted by atomic mass is 9.62. The monoisotopic (exact) mass is 718 g/mol. The first-order chi connectivity index (χ1) is 27.2. The van der Waals surface area contributed by atoms with Gasteiger partial charge >= 0.3 is 14.0 Å². The number of aromatic nitrogens is 2. The van der Waals surface area contributed by atoms with Crippen LogP contribution in [0, 0.1) is 13.8 Å². The summed E-state index contributed by atoms with van der Waals surface area (Å²) in [5.41, 5.74) is 20.9. The van der Waals surface area contributed by atoms with E-state index in [4.69, 9.17) is 0 Å². The number of nitrogens with zero attached hydrogens (tertiary/aromatic N) is 4. The molecule has 6 heteroatoms. The molecule has 0 saturated carbocycles. The van der Waals surface area contributed by atoms with Gasteiger partial charge in [-0.2, -0.15) is 0 Å². The summed E-state index contributed by atoms with van der Waals surface area (Å²) in [6.45, 7) is 14.1. The standard InChI is InChI=1S/C50H40B2N4/c1-29-23-25-39-31(27-29)43-45-48(56-42-22-14-10-18-36(42)49(3,4)33-15-7-11-19-37(33)51(56)53(39)45)44-32-28-30(2)24-26-40(32)54-46(44)47(43)55-41-21-13-9-17-35(41)50(5,6)34-16-8-12-20-38(34)52(54)55/h7-28H,1-6H3. The van der Waals surface area contributed by atoms with Crippen molar-refractivity contribution in [3.05, 3.63) is 167 Å². The van der Waals surface area contributed by atoms with Crippen molar-refractivity contribution in [1.29, 1.82) is 0 Å². The van der Waals surface area contributed by atoms with Crippen molar-refractivity contribution in [2.45, 2.75) is 52.4 Å². The van der Waals surface area contributed by atoms with E-state index >= 15 is 0 Å². The maximum Gasteiger partial charge on any atom is 0.421 e. The highest BCUT2D eigenvalue weighted by Gasteiger charge is 2.53. The van der Waals surface area contributed by atoms with Crippen LogP contribution in [-0.4, -0.2) is 22.9 Å². The number of rotatable bonds is 0. The molecular weight excluding hydrogens is 678 g/mol. The average Bonchev–Trinajstić information content (AvgIpc) is 3.90. The summed E-state index contributed by atoms with van der Waals surface area (Å²) in [6.07, 6.45) is 0. The highest BCUT2D eigenvalue weighted by Crippen LogP contribution is 2.61. The van der Waals surface area contributed by atoms with E-state index in [2.05, 4.69) is 194 Å². The topological polar surface area (TPSA) is 16.3 Å². The van der Waals surface area contributed by atoms with Gasteiger partial charge in [0.05, 0.1) is 22.4 Å². The van der Waals surface area contributed by atoms with Gasteiger partial charge in [-0.1, -0.05) is 136 Å². The van der Waals surface area contributed by atoms with E-state index in [1.54, 1.807) is 0 Å². The molecule has 4 nitrogen and oxygen atoms in total. The fraction of sp³-hybridized carbons (Fsp3) is 0.160. The van der Waals surface area contributed by atoms with E-state index < -0.39 is 0 Å². The largest absolute Gasteiger partial charge is 0.421 e. The predicted molar refractivity (Wildman–Crippen MR) is 238 cm³/mol. The number of benzene rings is 7. The first-order valence-electron chi connectivity index (χ1n) is 20.2. The lowest BCUT2D eigenvalue weighted by Crippen LogP contribution is -2.49. The van der Waals surface area contributed by atoms with Gasteiger partial charge in [0.25, 0.3) is 0 Å². The van der Waals surface area contributed by atoms with Gasteiger partial charge in [-0.3, -0.25) is 0 Å². The van der Waals surface area contributed by atoms with Crippen molar-refractivity contribution < 1.29 is 0 Å². The molecule has 0 atom stereocenters. The van der Waals surface area contributed by atoms with E-state index in [9.17, 15) is 0 Å². The Hall–Kier alpha value is -6.13. The Kier molecular flexibility index (Phi) is 5.55. The van der Waals surface area contributed by atoms with Crippen LogP contribution in [0.25, 0.3) is 43.6 Å². The third kappa shape index (κ3) is 3.40. The minimum atomic E-state index is -0.201. The summed E-state index contributed by atoms with van der Waals surface area (Å²) in [4.78, 5) is 5.48. The molecule has 13 rings (SSSR count). The summed E-state index contributed by atoms with van der Waals surface area (Å²) < 4.78 is 5.45. The van der Waals surface area contributed by atoms with Crippen molar-refractivity contribution in [3.63, 3.8) is 0 Å². The zero-order valence-corrected chi connectivity index (χ0v) is 32.6. The molecule has 0 unspecified atom stereocenters. The number of hydrogen-bond acceptors (Lipinski definition) is 2. The average molecular weight is 719 g/mol. The molecule has 2 aromatic heterocycles. The first-order valence-corrected chi connectivity index (χ1v) is 20.2. The number of hydrogen-bond donors (Lipinski definition) is 0. The zero-order valence-electron chi connectivity index (χ0n) is 32.6. The van der Waals surface area contributed by atoms with Crippen LogP contribution in [-0.2, 0) is 10.8 Å². The Bertz CT molecular complexity index is 3050. The molecule has 0 amide bonds. The SMILES string of the molecule is Cc1ccc2c(c1)c1c3c4c(c5c1n2B1c2ccccc2C(C)(C)c2ccccc2N15)c1cc(C)ccc1n4B1c2ccccc2C(C)(C)c2ccccc2N13. The molecule has 7 aromatic carbocycles. The van der Waals surface area contributed by atoms with E-state index in [1.165, 1.54) is 111 Å². The normalized spacial score (nSPS) is 16.5. The second-order valence-electron chi connectivity index (χ2n) is 17.9. The first kappa shape index (κ1) is 31.1. The van der Waals surface area contributed by atoms with Gasteiger partial charge in [0.1, 0.15) is 0 Å². The smallest absolute Gasteiger partial charge is 0.359 e. The van der Waals surface area contributed by atoms with Crippen molar-refractivity contribution >= 4 is 91.3 Å². The van der Waals surface area contributed by atoms with Crippen LogP contribution in [0.3, 0.4) is 0 Å². The maximum atomic E-state index is 2.74. The van der Waals surface area contributed by atoms with Crippen LogP contribution >= 0.6 is 0 Å². The molecular formula is C50H40B2N4. The lowest BCUT2D eigenvalue weighted by Gasteiger charge is -2.31. The molecule has 9 aromatic rings. The molecule has 56 heavy (non-hydrogen) atoms. The number of aryl methyl sites for hydroxylation is 2. The third-order valence-electron chi connectivity index (χ3n) is 14.2. The van der Waals surface area contributed by atoms with Crippen LogP contribution in [0.2, 0.25) is 0 Å². The molecule has 0 saturated heterocycles. The van der Waals surface area contributed by atoms with Crippen molar-refractivity contribution in [1.82, 2.24) is 8.96 Å². The molecule has 0 aliphatic carbocycles. The minimum Gasteiger partial charge on any atom is -0.359 e. The van der Waals surface area contributed by atoms with E-state index in [0.29, 0.717) is 0 Å². The van der Waals surface area contributed by atoms with E-state index in [0.717, 1.165) is 0 Å². The molecule has 0 radical (unpaired) electrons. The number of para-hydroxylation sites is 2. The Morgan fingerprint density at radius 2 is 0.804 bits per heavy atom. The molecule has 0 spiro atoms. The van der Waals surface area contributed by atoms with Crippen LogP contribution < -0.4 is 20.5 Å². The van der Waals surface area contributed by atoms with E-state index in [1.807, 2.05) is 0 Å². The van der Waals surface area contributed by atoms with Gasteiger partial charge < -0.3 is 18.6 Å². The van der Waals surface area contributed by atoms with Crippen molar-refractivity contribution in [3.8, 4) is 0 Å². The highest BCUT2D eigenvalue weighted by molar-refractivity contribution is 6.84. The summed E-state index contributed by atoms with van der Waals surface area (Å²) in [7, 11) is 0. The van der Waals surface area contributed by atoms with Gasteiger partial charge in [0, 0.05) is 54.8 Å². The van der Waals surface area contributed by atoms with E-state index in [-0.39, 0.29) is 24.8 Å². The fourth-order valence-electron chi connectivity index (χ4n) is 11.8. The Labute approximate surface area is 327 Å². The maximum absolute atomic E-state index is 2.74. The Morgan fingerprint density at radius 1 is 0.429 bits per heavy atom. The zero-order chi connectivity index (χ0) is 37.6. The number of anilines is 4. The van der Waals surface area contributed by atoms with Crippen molar-refractivity contribution in [2.75, 3.05) is 9.62 Å². The molecule has 4 aliphatic heterocycles. The second-order valence-corrected chi connectivity index (χ2v) is 17.9. The quantitative estimate of drug-likeness (QED) is 0.145. The van der Waals surface area contributed by atoms with Crippen molar-refractivity contribution in [2.24, 2.45) is 0 Å². The van der Waals surface area contributed by atoms with Gasteiger partial charge in [-0.15, -0.1) is 0 Å². The molecule has 6 heterocycles. The predicted octanol–water partition coefficient (Wildman–Crippen LogP) is 10.6. The minimum absolute atomic E-state index is 0.0557. The van der Waals surface area contributed by atoms with Gasteiger partial charge in [-0.05, 0) is 83.4 Å². The van der Waals surface area contributed by atoms with Crippen LogP contribution in [0.15, 0.2) is 133 Å². The van der Waals surface area contributed by atoms with Gasteiger partial charge in [0.15, 0.2) is 0 Å². The highest BCUT2D eigenvalue weighted by atomic mass is 15.3. The third-order valence-corrected chi connectivity index (χ3v) is 14.2. The molecule has 4 aliphatic rings. The molecule has 0 fully saturated rings. The summed E-state index contributed by atoms with van der Waals surface area (Å²) >= 11 is 0. The second kappa shape index (κ2) is 9.99. The van der Waals surface area contributed by atoms with Crippen LogP contribution in [0.5, 0.6) is 0 Å². The van der Waals surface area contributed by atoms with Gasteiger partial charge in [-0.25, -0.2) is 0 Å². The Morgan fingerprint density at radius 3 is 1.23 bits per heavy atom. The molecule has 0 N–H and O–H groups in total. The summed E-state index contributed by atoms with van der Waals surface area (Å²) in [5.74, 6) is 0. The number of fused-ring (bicyclic) bond motifs is 22. The molecule has 0 bridgehead atoms. The molecule has 266 valence electrons. The lowest BCUT2D eigenvalue weighted by molar-refractivity contribution is 0.648. The summed E-state index contributed by atoms with van der Waals surface area (Å²) in [6, 6.07) is 51.3. The van der Waals surface area contributed by atoms with Gasteiger partial charge in [0.2, 0.25) is 0 Å². The Balaban J connectivity index is 1.32. The van der Waals surface area contributed by atoms with Crippen LogP contribution in [0.4, 0.5) is 22.7 Å². The fourth-order valence-corrected chi connectivity index (χ4v) is 11.8.